The highest BCUT2D eigenvalue weighted by molar-refractivity contribution is 7.91. The lowest BCUT2D eigenvalue weighted by molar-refractivity contribution is 0.271. The summed E-state index contributed by atoms with van der Waals surface area (Å²) in [4.78, 5) is 4.80. The molecule has 0 saturated carbocycles. The van der Waals surface area contributed by atoms with Crippen LogP contribution >= 0.6 is 11.6 Å². The van der Waals surface area contributed by atoms with Gasteiger partial charge in [-0.3, -0.25) is 4.90 Å². The van der Waals surface area contributed by atoms with Crippen LogP contribution in [0.15, 0.2) is 53.4 Å². The minimum atomic E-state index is -3.29. The molecule has 2 aromatic rings. The van der Waals surface area contributed by atoms with Crippen LogP contribution in [0.1, 0.15) is 0 Å². The van der Waals surface area contributed by atoms with E-state index in [9.17, 15) is 8.42 Å². The first-order valence-corrected chi connectivity index (χ1v) is 10.6. The first-order valence-electron chi connectivity index (χ1n) is 8.58. The third-order valence-electron chi connectivity index (χ3n) is 4.65. The molecule has 0 aromatic heterocycles. The van der Waals surface area contributed by atoms with Crippen LogP contribution in [0.2, 0.25) is 5.02 Å². The zero-order valence-electron chi connectivity index (χ0n) is 14.8. The number of ether oxygens (including phenoxy) is 1. The Balaban J connectivity index is 1.55. The van der Waals surface area contributed by atoms with E-state index in [0.717, 1.165) is 37.6 Å². The van der Waals surface area contributed by atoms with E-state index < -0.39 is 9.84 Å². The Bertz CT molecular complexity index is 832. The monoisotopic (exact) mass is 394 g/mol. The molecule has 0 amide bonds. The molecule has 2 aromatic carbocycles. The predicted molar refractivity (Wildman–Crippen MR) is 105 cm³/mol. The second kappa shape index (κ2) is 8.29. The lowest BCUT2D eigenvalue weighted by Gasteiger charge is -2.36. The zero-order chi connectivity index (χ0) is 18.6. The van der Waals surface area contributed by atoms with Crippen molar-refractivity contribution in [3.8, 4) is 5.75 Å². The molecule has 0 atom stereocenters. The largest absolute Gasteiger partial charge is 0.495 e. The van der Waals surface area contributed by atoms with Gasteiger partial charge in [-0.15, -0.1) is 0 Å². The molecule has 0 bridgehead atoms. The van der Waals surface area contributed by atoms with Crippen LogP contribution in [0.5, 0.6) is 5.75 Å². The highest BCUT2D eigenvalue weighted by Gasteiger charge is 2.22. The SMILES string of the molecule is COc1ccccc1N1CCN(CCS(=O)(=O)c2ccc(Cl)cc2)CC1. The number of methoxy groups -OCH3 is 1. The molecule has 0 aliphatic carbocycles. The molecule has 1 aliphatic heterocycles. The third kappa shape index (κ3) is 4.50. The Morgan fingerprint density at radius 1 is 1.00 bits per heavy atom. The molecule has 3 rings (SSSR count). The number of sulfone groups is 1. The van der Waals surface area contributed by atoms with Crippen LogP contribution in [0.25, 0.3) is 0 Å². The normalized spacial score (nSPS) is 15.8. The Labute approximate surface area is 160 Å². The predicted octanol–water partition coefficient (Wildman–Crippen LogP) is 2.94. The molecule has 1 aliphatic rings. The topological polar surface area (TPSA) is 49.9 Å². The van der Waals surface area contributed by atoms with Crippen molar-refractivity contribution in [2.45, 2.75) is 4.90 Å². The molecule has 0 unspecified atom stereocenters. The lowest BCUT2D eigenvalue weighted by Crippen LogP contribution is -2.47. The standard InChI is InChI=1S/C19H23ClN2O3S/c1-25-19-5-3-2-4-18(19)22-12-10-21(11-13-22)14-15-26(23,24)17-8-6-16(20)7-9-17/h2-9H,10-15H2,1H3. The van der Waals surface area contributed by atoms with Crippen molar-refractivity contribution in [2.24, 2.45) is 0 Å². The van der Waals surface area contributed by atoms with Gasteiger partial charge in [0.05, 0.1) is 23.4 Å². The molecule has 1 fully saturated rings. The molecule has 0 N–H and O–H groups in total. The maximum Gasteiger partial charge on any atom is 0.179 e. The summed E-state index contributed by atoms with van der Waals surface area (Å²) < 4.78 is 30.3. The summed E-state index contributed by atoms with van der Waals surface area (Å²) in [5.41, 5.74) is 1.09. The van der Waals surface area contributed by atoms with Crippen molar-refractivity contribution < 1.29 is 13.2 Å². The van der Waals surface area contributed by atoms with Gasteiger partial charge in [0.15, 0.2) is 9.84 Å². The Kier molecular flexibility index (Phi) is 6.06. The van der Waals surface area contributed by atoms with Crippen LogP contribution in [-0.4, -0.2) is 58.9 Å². The Morgan fingerprint density at radius 2 is 1.65 bits per heavy atom. The number of piperazine rings is 1. The Morgan fingerprint density at radius 3 is 2.31 bits per heavy atom. The molecule has 1 saturated heterocycles. The average molecular weight is 395 g/mol. The minimum Gasteiger partial charge on any atom is -0.495 e. The van der Waals surface area contributed by atoms with E-state index in [-0.39, 0.29) is 5.75 Å². The smallest absolute Gasteiger partial charge is 0.179 e. The number of rotatable bonds is 6. The summed E-state index contributed by atoms with van der Waals surface area (Å²) in [6.07, 6.45) is 0. The molecule has 0 radical (unpaired) electrons. The summed E-state index contributed by atoms with van der Waals surface area (Å²) in [5.74, 6) is 0.981. The molecular formula is C19H23ClN2O3S. The number of anilines is 1. The van der Waals surface area contributed by atoms with Gasteiger partial charge in [0, 0.05) is 37.7 Å². The zero-order valence-corrected chi connectivity index (χ0v) is 16.3. The van der Waals surface area contributed by atoms with Crippen molar-refractivity contribution in [2.75, 3.05) is 50.5 Å². The van der Waals surface area contributed by atoms with E-state index in [4.69, 9.17) is 16.3 Å². The lowest BCUT2D eigenvalue weighted by atomic mass is 10.2. The van der Waals surface area contributed by atoms with Gasteiger partial charge in [-0.1, -0.05) is 23.7 Å². The van der Waals surface area contributed by atoms with E-state index in [2.05, 4.69) is 15.9 Å². The van der Waals surface area contributed by atoms with E-state index in [0.29, 0.717) is 16.5 Å². The van der Waals surface area contributed by atoms with Crippen molar-refractivity contribution in [1.29, 1.82) is 0 Å². The van der Waals surface area contributed by atoms with Crippen LogP contribution in [-0.2, 0) is 9.84 Å². The maximum atomic E-state index is 12.5. The van der Waals surface area contributed by atoms with Crippen LogP contribution in [0.4, 0.5) is 5.69 Å². The van der Waals surface area contributed by atoms with Gasteiger partial charge in [-0.2, -0.15) is 0 Å². The van der Waals surface area contributed by atoms with E-state index in [1.807, 2.05) is 18.2 Å². The molecule has 5 nitrogen and oxygen atoms in total. The fourth-order valence-corrected chi connectivity index (χ4v) is 4.52. The van der Waals surface area contributed by atoms with Gasteiger partial charge in [-0.05, 0) is 36.4 Å². The first-order chi connectivity index (χ1) is 12.5. The molecule has 0 spiro atoms. The number of hydrogen-bond donors (Lipinski definition) is 0. The van der Waals surface area contributed by atoms with E-state index in [1.54, 1.807) is 31.4 Å². The molecule has 26 heavy (non-hydrogen) atoms. The minimum absolute atomic E-state index is 0.114. The summed E-state index contributed by atoms with van der Waals surface area (Å²) >= 11 is 5.83. The quantitative estimate of drug-likeness (QED) is 0.753. The Hall–Kier alpha value is -1.76. The molecular weight excluding hydrogens is 372 g/mol. The van der Waals surface area contributed by atoms with Crippen LogP contribution in [0, 0.1) is 0 Å². The summed E-state index contributed by atoms with van der Waals surface area (Å²) in [6.45, 7) is 3.88. The number of benzene rings is 2. The summed E-state index contributed by atoms with van der Waals surface area (Å²) in [7, 11) is -1.61. The van der Waals surface area contributed by atoms with Crippen molar-refractivity contribution in [3.63, 3.8) is 0 Å². The van der Waals surface area contributed by atoms with E-state index in [1.165, 1.54) is 0 Å². The third-order valence-corrected chi connectivity index (χ3v) is 6.61. The van der Waals surface area contributed by atoms with Crippen molar-refractivity contribution in [1.82, 2.24) is 4.90 Å². The van der Waals surface area contributed by atoms with Gasteiger partial charge in [0.25, 0.3) is 0 Å². The number of halogens is 1. The summed E-state index contributed by atoms with van der Waals surface area (Å²) in [5, 5.41) is 0.538. The second-order valence-corrected chi connectivity index (χ2v) is 8.82. The van der Waals surface area contributed by atoms with E-state index >= 15 is 0 Å². The van der Waals surface area contributed by atoms with Gasteiger partial charge in [-0.25, -0.2) is 8.42 Å². The number of para-hydroxylation sites is 2. The molecule has 1 heterocycles. The number of nitrogens with zero attached hydrogens (tertiary/aromatic N) is 2. The highest BCUT2D eigenvalue weighted by atomic mass is 35.5. The first kappa shape index (κ1) is 19.0. The number of hydrogen-bond acceptors (Lipinski definition) is 5. The molecule has 7 heteroatoms. The van der Waals surface area contributed by atoms with Crippen LogP contribution < -0.4 is 9.64 Å². The fraction of sp³-hybridized carbons (Fsp3) is 0.368. The van der Waals surface area contributed by atoms with Crippen molar-refractivity contribution >= 4 is 27.1 Å². The highest BCUT2D eigenvalue weighted by Crippen LogP contribution is 2.28. The van der Waals surface area contributed by atoms with Gasteiger partial charge >= 0.3 is 0 Å². The average Bonchev–Trinajstić information content (AvgIpc) is 2.67. The van der Waals surface area contributed by atoms with Gasteiger partial charge in [0.2, 0.25) is 0 Å². The van der Waals surface area contributed by atoms with Gasteiger partial charge < -0.3 is 9.64 Å². The van der Waals surface area contributed by atoms with Crippen molar-refractivity contribution in [3.05, 3.63) is 53.6 Å². The van der Waals surface area contributed by atoms with Crippen LogP contribution in [0.3, 0.4) is 0 Å². The fourth-order valence-electron chi connectivity index (χ4n) is 3.11. The molecule has 140 valence electrons. The second-order valence-electron chi connectivity index (χ2n) is 6.27. The van der Waals surface area contributed by atoms with Gasteiger partial charge in [0.1, 0.15) is 5.75 Å². The summed E-state index contributed by atoms with van der Waals surface area (Å²) in [6, 6.07) is 14.3. The maximum absolute atomic E-state index is 12.5.